The van der Waals surface area contributed by atoms with E-state index in [1.807, 2.05) is 0 Å². The number of hydrogen-bond donors (Lipinski definition) is 1. The Labute approximate surface area is 135 Å². The molecule has 0 aliphatic rings. The van der Waals surface area contributed by atoms with E-state index in [1.165, 1.54) is 12.1 Å². The number of benzene rings is 2. The monoisotopic (exact) mass is 371 g/mol. The Kier molecular flexibility index (Phi) is 5.20. The SMILES string of the molecule is CCOc1ccc(NC(=O)c2cccc(Br)c2Cl)cc1F. The Hall–Kier alpha value is -1.59. The second-order valence-electron chi connectivity index (χ2n) is 4.13. The van der Waals surface area contributed by atoms with Gasteiger partial charge in [0.15, 0.2) is 11.6 Å². The first-order chi connectivity index (χ1) is 10.0. The van der Waals surface area contributed by atoms with Crippen molar-refractivity contribution in [1.29, 1.82) is 0 Å². The van der Waals surface area contributed by atoms with Crippen LogP contribution in [0.4, 0.5) is 10.1 Å². The predicted molar refractivity (Wildman–Crippen MR) is 84.7 cm³/mol. The summed E-state index contributed by atoms with van der Waals surface area (Å²) in [7, 11) is 0. The number of hydrogen-bond acceptors (Lipinski definition) is 2. The second kappa shape index (κ2) is 6.91. The number of rotatable bonds is 4. The highest BCUT2D eigenvalue weighted by Gasteiger charge is 2.13. The van der Waals surface area contributed by atoms with Gasteiger partial charge in [-0.25, -0.2) is 4.39 Å². The van der Waals surface area contributed by atoms with Gasteiger partial charge in [0, 0.05) is 16.2 Å². The van der Waals surface area contributed by atoms with Crippen molar-refractivity contribution in [3.63, 3.8) is 0 Å². The fourth-order valence-corrected chi connectivity index (χ4v) is 2.31. The minimum absolute atomic E-state index is 0.149. The molecule has 0 saturated heterocycles. The molecule has 0 bridgehead atoms. The van der Waals surface area contributed by atoms with Crippen LogP contribution in [0.5, 0.6) is 5.75 Å². The average molecular weight is 373 g/mol. The molecule has 0 aromatic heterocycles. The van der Waals surface area contributed by atoms with E-state index in [-0.39, 0.29) is 5.75 Å². The lowest BCUT2D eigenvalue weighted by atomic mass is 10.2. The first kappa shape index (κ1) is 15.8. The summed E-state index contributed by atoms with van der Waals surface area (Å²) in [5, 5.41) is 2.90. The minimum atomic E-state index is -0.532. The van der Waals surface area contributed by atoms with Crippen LogP contribution in [0.3, 0.4) is 0 Å². The molecule has 1 N–H and O–H groups in total. The van der Waals surface area contributed by atoms with Gasteiger partial charge in [-0.3, -0.25) is 4.79 Å². The Morgan fingerprint density at radius 3 is 2.81 bits per heavy atom. The third kappa shape index (κ3) is 3.74. The van der Waals surface area contributed by atoms with Crippen molar-refractivity contribution in [2.45, 2.75) is 6.92 Å². The van der Waals surface area contributed by atoms with Crippen LogP contribution in [-0.4, -0.2) is 12.5 Å². The smallest absolute Gasteiger partial charge is 0.257 e. The van der Waals surface area contributed by atoms with Crippen molar-refractivity contribution in [2.75, 3.05) is 11.9 Å². The molecule has 21 heavy (non-hydrogen) atoms. The molecular formula is C15H12BrClFNO2. The van der Waals surface area contributed by atoms with Crippen molar-refractivity contribution in [3.05, 3.63) is 57.3 Å². The molecule has 0 atom stereocenters. The van der Waals surface area contributed by atoms with Gasteiger partial charge in [-0.1, -0.05) is 17.7 Å². The van der Waals surface area contributed by atoms with E-state index in [0.29, 0.717) is 27.4 Å². The third-order valence-electron chi connectivity index (χ3n) is 2.69. The maximum absolute atomic E-state index is 13.7. The topological polar surface area (TPSA) is 38.3 Å². The number of amides is 1. The number of ether oxygens (including phenoxy) is 1. The lowest BCUT2D eigenvalue weighted by Crippen LogP contribution is -2.12. The van der Waals surface area contributed by atoms with Gasteiger partial charge in [-0.15, -0.1) is 0 Å². The molecule has 2 rings (SSSR count). The largest absolute Gasteiger partial charge is 0.491 e. The molecule has 110 valence electrons. The summed E-state index contributed by atoms with van der Waals surface area (Å²) in [6, 6.07) is 9.26. The third-order valence-corrected chi connectivity index (χ3v) is 3.98. The summed E-state index contributed by atoms with van der Waals surface area (Å²) in [6.07, 6.45) is 0. The highest BCUT2D eigenvalue weighted by molar-refractivity contribution is 9.10. The molecule has 2 aromatic carbocycles. The molecule has 1 amide bonds. The van der Waals surface area contributed by atoms with Crippen LogP contribution >= 0.6 is 27.5 Å². The van der Waals surface area contributed by atoms with Crippen LogP contribution in [0.1, 0.15) is 17.3 Å². The zero-order chi connectivity index (χ0) is 15.4. The van der Waals surface area contributed by atoms with Gasteiger partial charge in [-0.2, -0.15) is 0 Å². The lowest BCUT2D eigenvalue weighted by Gasteiger charge is -2.09. The van der Waals surface area contributed by atoms with Gasteiger partial charge < -0.3 is 10.1 Å². The van der Waals surface area contributed by atoms with Crippen molar-refractivity contribution < 1.29 is 13.9 Å². The molecule has 0 aliphatic heterocycles. The van der Waals surface area contributed by atoms with Crippen molar-refractivity contribution >= 4 is 39.1 Å². The van der Waals surface area contributed by atoms with Gasteiger partial charge in [0.25, 0.3) is 5.91 Å². The van der Waals surface area contributed by atoms with Gasteiger partial charge in [-0.05, 0) is 47.1 Å². The van der Waals surface area contributed by atoms with Crippen LogP contribution in [0.15, 0.2) is 40.9 Å². The zero-order valence-electron chi connectivity index (χ0n) is 11.1. The molecule has 0 heterocycles. The van der Waals surface area contributed by atoms with E-state index >= 15 is 0 Å². The molecule has 0 radical (unpaired) electrons. The lowest BCUT2D eigenvalue weighted by molar-refractivity contribution is 0.102. The van der Waals surface area contributed by atoms with Crippen LogP contribution in [0, 0.1) is 5.82 Å². The van der Waals surface area contributed by atoms with E-state index < -0.39 is 11.7 Å². The maximum Gasteiger partial charge on any atom is 0.257 e. The molecule has 0 aliphatic carbocycles. The summed E-state index contributed by atoms with van der Waals surface area (Å²) < 4.78 is 19.4. The van der Waals surface area contributed by atoms with Crippen molar-refractivity contribution in [1.82, 2.24) is 0 Å². The fourth-order valence-electron chi connectivity index (χ4n) is 1.73. The normalized spacial score (nSPS) is 10.3. The number of anilines is 1. The first-order valence-electron chi connectivity index (χ1n) is 6.20. The standard InChI is InChI=1S/C15H12BrClFNO2/c1-2-21-13-7-6-9(8-12(13)18)19-15(20)10-4-3-5-11(16)14(10)17/h3-8H,2H2,1H3,(H,19,20). The van der Waals surface area contributed by atoms with Crippen LogP contribution < -0.4 is 10.1 Å². The molecule has 0 saturated carbocycles. The number of carbonyl (C=O) groups is 1. The van der Waals surface area contributed by atoms with E-state index in [9.17, 15) is 9.18 Å². The van der Waals surface area contributed by atoms with Crippen LogP contribution in [-0.2, 0) is 0 Å². The number of carbonyl (C=O) groups excluding carboxylic acids is 1. The summed E-state index contributed by atoms with van der Waals surface area (Å²) in [5.41, 5.74) is 0.636. The van der Waals surface area contributed by atoms with E-state index in [4.69, 9.17) is 16.3 Å². The van der Waals surface area contributed by atoms with Crippen molar-refractivity contribution in [3.8, 4) is 5.75 Å². The maximum atomic E-state index is 13.7. The summed E-state index contributed by atoms with van der Waals surface area (Å²) in [5.74, 6) is -0.796. The van der Waals surface area contributed by atoms with E-state index in [0.717, 1.165) is 0 Å². The van der Waals surface area contributed by atoms with Gasteiger partial charge >= 0.3 is 0 Å². The Morgan fingerprint density at radius 1 is 1.38 bits per heavy atom. The van der Waals surface area contributed by atoms with E-state index in [1.54, 1.807) is 31.2 Å². The number of halogens is 3. The molecule has 0 unspecified atom stereocenters. The first-order valence-corrected chi connectivity index (χ1v) is 7.37. The minimum Gasteiger partial charge on any atom is -0.491 e. The average Bonchev–Trinajstić information content (AvgIpc) is 2.45. The van der Waals surface area contributed by atoms with Gasteiger partial charge in [0.2, 0.25) is 0 Å². The quantitative estimate of drug-likeness (QED) is 0.829. The summed E-state index contributed by atoms with van der Waals surface area (Å²) in [4.78, 5) is 12.1. The second-order valence-corrected chi connectivity index (χ2v) is 5.37. The fraction of sp³-hybridized carbons (Fsp3) is 0.133. The molecule has 6 heteroatoms. The van der Waals surface area contributed by atoms with E-state index in [2.05, 4.69) is 21.2 Å². The summed E-state index contributed by atoms with van der Waals surface area (Å²) in [6.45, 7) is 2.14. The van der Waals surface area contributed by atoms with Gasteiger partial charge in [0.1, 0.15) is 0 Å². The molecule has 2 aromatic rings. The zero-order valence-corrected chi connectivity index (χ0v) is 13.5. The molecular weight excluding hydrogens is 361 g/mol. The summed E-state index contributed by atoms with van der Waals surface area (Å²) >= 11 is 9.30. The highest BCUT2D eigenvalue weighted by Crippen LogP contribution is 2.27. The highest BCUT2D eigenvalue weighted by atomic mass is 79.9. The van der Waals surface area contributed by atoms with Gasteiger partial charge in [0.05, 0.1) is 17.2 Å². The van der Waals surface area contributed by atoms with Crippen molar-refractivity contribution in [2.24, 2.45) is 0 Å². The predicted octanol–water partition coefficient (Wildman–Crippen LogP) is 4.89. The molecule has 0 fully saturated rings. The Balaban J connectivity index is 2.20. The van der Waals surface area contributed by atoms with Crippen LogP contribution in [0.25, 0.3) is 0 Å². The molecule has 0 spiro atoms. The Bertz CT molecular complexity index is 679. The molecule has 3 nitrogen and oxygen atoms in total. The number of nitrogens with one attached hydrogen (secondary N) is 1. The Morgan fingerprint density at radius 2 is 2.14 bits per heavy atom. The van der Waals surface area contributed by atoms with Crippen LogP contribution in [0.2, 0.25) is 5.02 Å².